The molecule has 152 valence electrons. The van der Waals surface area contributed by atoms with Crippen LogP contribution in [-0.2, 0) is 9.59 Å². The first-order valence-corrected chi connectivity index (χ1v) is 9.73. The summed E-state index contributed by atoms with van der Waals surface area (Å²) in [6.07, 6.45) is 6.51. The van der Waals surface area contributed by atoms with E-state index in [9.17, 15) is 19.2 Å². The molecule has 8 nitrogen and oxygen atoms in total. The molecule has 0 saturated carbocycles. The molecule has 5 N–H and O–H groups in total. The van der Waals surface area contributed by atoms with E-state index in [0.717, 1.165) is 50.9 Å². The van der Waals surface area contributed by atoms with Crippen molar-refractivity contribution in [3.63, 3.8) is 0 Å². The number of piperidine rings is 1. The third-order valence-corrected chi connectivity index (χ3v) is 4.68. The fourth-order valence-corrected chi connectivity index (χ4v) is 3.08. The molecule has 0 aromatic heterocycles. The second-order valence-electron chi connectivity index (χ2n) is 6.88. The number of imide groups is 1. The third kappa shape index (κ3) is 6.45. The van der Waals surface area contributed by atoms with E-state index in [1.54, 1.807) is 18.2 Å². The lowest BCUT2D eigenvalue weighted by molar-refractivity contribution is -0.134. The summed E-state index contributed by atoms with van der Waals surface area (Å²) in [5.74, 6) is -1.39. The normalized spacial score (nSPS) is 16.4. The minimum absolute atomic E-state index is 0.173. The summed E-state index contributed by atoms with van der Waals surface area (Å²) >= 11 is 0. The number of unbranched alkanes of at least 4 members (excludes halogenated alkanes) is 4. The second-order valence-corrected chi connectivity index (χ2v) is 6.88. The van der Waals surface area contributed by atoms with Crippen LogP contribution in [0.4, 0.5) is 5.69 Å². The van der Waals surface area contributed by atoms with Crippen LogP contribution in [0.3, 0.4) is 0 Å². The average Bonchev–Trinajstić information content (AvgIpc) is 2.69. The molecule has 1 aromatic rings. The van der Waals surface area contributed by atoms with Gasteiger partial charge >= 0.3 is 0 Å². The number of aldehydes is 1. The first kappa shape index (κ1) is 21.6. The van der Waals surface area contributed by atoms with Gasteiger partial charge in [-0.1, -0.05) is 19.3 Å². The number of rotatable bonds is 11. The van der Waals surface area contributed by atoms with Crippen LogP contribution in [0.1, 0.15) is 65.7 Å². The molecule has 0 spiro atoms. The molecule has 1 aliphatic rings. The Balaban J connectivity index is 1.87. The Hall–Kier alpha value is -2.74. The van der Waals surface area contributed by atoms with Crippen molar-refractivity contribution >= 4 is 29.7 Å². The highest BCUT2D eigenvalue weighted by atomic mass is 16.2. The van der Waals surface area contributed by atoms with Gasteiger partial charge in [-0.05, 0) is 44.0 Å². The smallest absolute Gasteiger partial charge is 0.252 e. The van der Waals surface area contributed by atoms with Crippen LogP contribution < -0.4 is 21.7 Å². The lowest BCUT2D eigenvalue weighted by Crippen LogP contribution is -2.52. The summed E-state index contributed by atoms with van der Waals surface area (Å²) in [7, 11) is 0. The Kier molecular flexibility index (Phi) is 8.61. The van der Waals surface area contributed by atoms with E-state index in [1.165, 1.54) is 0 Å². The Morgan fingerprint density at radius 2 is 1.93 bits per heavy atom. The lowest BCUT2D eigenvalue weighted by Gasteiger charge is -2.22. The zero-order chi connectivity index (χ0) is 20.4. The highest BCUT2D eigenvalue weighted by Gasteiger charge is 2.28. The van der Waals surface area contributed by atoms with Crippen LogP contribution >= 0.6 is 0 Å². The number of hydrogen-bond acceptors (Lipinski definition) is 6. The molecule has 8 heteroatoms. The molecule has 3 amide bonds. The van der Waals surface area contributed by atoms with Crippen molar-refractivity contribution in [3.05, 3.63) is 29.3 Å². The van der Waals surface area contributed by atoms with E-state index in [-0.39, 0.29) is 29.9 Å². The summed E-state index contributed by atoms with van der Waals surface area (Å²) in [6.45, 7) is 1.51. The summed E-state index contributed by atoms with van der Waals surface area (Å²) in [6, 6.07) is 4.15. The van der Waals surface area contributed by atoms with Crippen molar-refractivity contribution < 1.29 is 19.2 Å². The lowest BCUT2D eigenvalue weighted by atomic mass is 10.0. The molecule has 1 unspecified atom stereocenters. The number of benzene rings is 1. The largest absolute Gasteiger partial charge is 0.385 e. The van der Waals surface area contributed by atoms with Crippen molar-refractivity contribution in [1.82, 2.24) is 10.6 Å². The van der Waals surface area contributed by atoms with Crippen molar-refractivity contribution in [3.8, 4) is 0 Å². The van der Waals surface area contributed by atoms with E-state index in [4.69, 9.17) is 5.73 Å². The summed E-state index contributed by atoms with van der Waals surface area (Å²) < 4.78 is 0. The van der Waals surface area contributed by atoms with E-state index in [2.05, 4.69) is 16.0 Å². The van der Waals surface area contributed by atoms with Gasteiger partial charge in [0.1, 0.15) is 6.04 Å². The van der Waals surface area contributed by atoms with Crippen molar-refractivity contribution in [2.45, 2.75) is 51.0 Å². The van der Waals surface area contributed by atoms with Gasteiger partial charge in [-0.3, -0.25) is 24.5 Å². The van der Waals surface area contributed by atoms with Crippen LogP contribution in [0, 0.1) is 0 Å². The van der Waals surface area contributed by atoms with E-state index < -0.39 is 17.9 Å². The van der Waals surface area contributed by atoms with Crippen molar-refractivity contribution in [1.29, 1.82) is 0 Å². The predicted octanol–water partition coefficient (Wildman–Crippen LogP) is 1.36. The third-order valence-electron chi connectivity index (χ3n) is 4.68. The van der Waals surface area contributed by atoms with Gasteiger partial charge in [0.25, 0.3) is 5.91 Å². The number of nitrogens with two attached hydrogens (primary N) is 1. The first-order valence-electron chi connectivity index (χ1n) is 9.73. The highest BCUT2D eigenvalue weighted by Crippen LogP contribution is 2.16. The molecule has 28 heavy (non-hydrogen) atoms. The van der Waals surface area contributed by atoms with Crippen LogP contribution in [0.5, 0.6) is 0 Å². The number of nitrogens with one attached hydrogen (secondary N) is 3. The molecule has 1 fully saturated rings. The minimum Gasteiger partial charge on any atom is -0.385 e. The monoisotopic (exact) mass is 388 g/mol. The molecular formula is C20H28N4O4. The van der Waals surface area contributed by atoms with E-state index >= 15 is 0 Å². The molecule has 1 atom stereocenters. The molecule has 0 bridgehead atoms. The predicted molar refractivity (Wildman–Crippen MR) is 106 cm³/mol. The van der Waals surface area contributed by atoms with Gasteiger partial charge in [0.15, 0.2) is 6.29 Å². The number of anilines is 1. The number of amides is 3. The highest BCUT2D eigenvalue weighted by molar-refractivity contribution is 6.06. The molecule has 1 heterocycles. The van der Waals surface area contributed by atoms with Gasteiger partial charge in [-0.25, -0.2) is 0 Å². The first-order chi connectivity index (χ1) is 13.5. The summed E-state index contributed by atoms with van der Waals surface area (Å²) in [5.41, 5.74) is 6.68. The number of carbonyl (C=O) groups excluding carboxylic acids is 4. The molecule has 1 saturated heterocycles. The minimum atomic E-state index is -0.776. The van der Waals surface area contributed by atoms with Gasteiger partial charge < -0.3 is 16.4 Å². The molecule has 2 rings (SSSR count). The van der Waals surface area contributed by atoms with E-state index in [1.807, 2.05) is 0 Å². The number of carbonyl (C=O) groups is 4. The van der Waals surface area contributed by atoms with E-state index in [0.29, 0.717) is 6.29 Å². The van der Waals surface area contributed by atoms with Gasteiger partial charge in [0.2, 0.25) is 11.8 Å². The van der Waals surface area contributed by atoms with Crippen molar-refractivity contribution in [2.75, 3.05) is 18.4 Å². The van der Waals surface area contributed by atoms with Gasteiger partial charge in [-0.2, -0.15) is 0 Å². The second kappa shape index (κ2) is 11.2. The maximum Gasteiger partial charge on any atom is 0.252 e. The summed E-state index contributed by atoms with van der Waals surface area (Å²) in [5, 5.41) is 8.03. The SMILES string of the molecule is NCCCCCCCNc1ccc(C(=O)NC2CCC(=O)NC2=O)c(C=O)c1. The van der Waals surface area contributed by atoms with Crippen molar-refractivity contribution in [2.24, 2.45) is 5.73 Å². The Bertz CT molecular complexity index is 720. The molecule has 0 radical (unpaired) electrons. The molecule has 0 aliphatic carbocycles. The Labute approximate surface area is 164 Å². The molecule has 1 aromatic carbocycles. The molecular weight excluding hydrogens is 360 g/mol. The fourth-order valence-electron chi connectivity index (χ4n) is 3.08. The van der Waals surface area contributed by atoms with Crippen LogP contribution in [-0.4, -0.2) is 43.1 Å². The zero-order valence-electron chi connectivity index (χ0n) is 16.0. The molecule has 1 aliphatic heterocycles. The number of hydrogen-bond donors (Lipinski definition) is 4. The van der Waals surface area contributed by atoms with Gasteiger partial charge in [-0.15, -0.1) is 0 Å². The fraction of sp³-hybridized carbons (Fsp3) is 0.500. The quantitative estimate of drug-likeness (QED) is 0.257. The average molecular weight is 388 g/mol. The maximum atomic E-state index is 12.5. The van der Waals surface area contributed by atoms with Gasteiger partial charge in [0, 0.05) is 29.8 Å². The maximum absolute atomic E-state index is 12.5. The van der Waals surface area contributed by atoms with Crippen LogP contribution in [0.2, 0.25) is 0 Å². The summed E-state index contributed by atoms with van der Waals surface area (Å²) in [4.78, 5) is 46.8. The van der Waals surface area contributed by atoms with Crippen LogP contribution in [0.25, 0.3) is 0 Å². The topological polar surface area (TPSA) is 130 Å². The van der Waals surface area contributed by atoms with Crippen LogP contribution in [0.15, 0.2) is 18.2 Å². The Morgan fingerprint density at radius 1 is 1.18 bits per heavy atom. The zero-order valence-corrected chi connectivity index (χ0v) is 16.0. The van der Waals surface area contributed by atoms with Gasteiger partial charge in [0.05, 0.1) is 0 Å². The Morgan fingerprint density at radius 3 is 2.64 bits per heavy atom. The standard InChI is InChI=1S/C20H28N4O4/c21-10-4-2-1-3-5-11-22-15-6-7-16(14(12-15)13-25)19(27)23-17-8-9-18(26)24-20(17)28/h6-7,12-13,17,22H,1-5,8-11,21H2,(H,23,27)(H,24,26,28).